The largest absolute Gasteiger partial charge is 0.305 e. The Morgan fingerprint density at radius 1 is 0.767 bits per heavy atom. The maximum absolute atomic E-state index is 14.3. The van der Waals surface area contributed by atoms with Crippen LogP contribution in [0.15, 0.2) is 118 Å². The lowest BCUT2D eigenvalue weighted by Gasteiger charge is -2.15. The van der Waals surface area contributed by atoms with Crippen molar-refractivity contribution in [1.82, 2.24) is 14.5 Å². The van der Waals surface area contributed by atoms with E-state index in [1.165, 1.54) is 16.7 Å². The van der Waals surface area contributed by atoms with Gasteiger partial charge >= 0.3 is 0 Å². The van der Waals surface area contributed by atoms with Gasteiger partial charge in [-0.25, -0.2) is 26.8 Å². The molecule has 0 aliphatic heterocycles. The van der Waals surface area contributed by atoms with Gasteiger partial charge in [-0.2, -0.15) is 0 Å². The molecule has 11 nitrogen and oxygen atoms in total. The second-order valence-electron chi connectivity index (χ2n) is 9.81. The summed E-state index contributed by atoms with van der Waals surface area (Å²) in [6.07, 6.45) is 0. The van der Waals surface area contributed by atoms with Crippen LogP contribution in [0.2, 0.25) is 0 Å². The number of sulfonamides is 1. The molecular formula is C30H23N5O6S2. The molecule has 4 aromatic carbocycles. The zero-order valence-corrected chi connectivity index (χ0v) is 24.2. The smallest absolute Gasteiger partial charge is 0.269 e. The fourth-order valence-corrected chi connectivity index (χ4v) is 7.40. The molecule has 0 saturated heterocycles. The Morgan fingerprint density at radius 2 is 1.35 bits per heavy atom. The Kier molecular flexibility index (Phi) is 6.90. The van der Waals surface area contributed by atoms with Crippen molar-refractivity contribution in [2.45, 2.75) is 28.2 Å². The number of hydrogen-bond donors (Lipinski definition) is 1. The van der Waals surface area contributed by atoms with Gasteiger partial charge in [0.2, 0.25) is 9.84 Å². The molecular weight excluding hydrogens is 590 g/mol. The van der Waals surface area contributed by atoms with E-state index in [-0.39, 0.29) is 43.9 Å². The maximum Gasteiger partial charge on any atom is 0.269 e. The Bertz CT molecular complexity index is 2230. The minimum absolute atomic E-state index is 0.00314. The molecule has 0 saturated carbocycles. The van der Waals surface area contributed by atoms with Crippen molar-refractivity contribution >= 4 is 53.6 Å². The highest BCUT2D eigenvalue weighted by Gasteiger charge is 2.34. The number of fused-ring (bicyclic) bond motifs is 2. The molecule has 0 unspecified atom stereocenters. The van der Waals surface area contributed by atoms with E-state index in [0.717, 1.165) is 35.4 Å². The normalized spacial score (nSPS) is 12.0. The highest BCUT2D eigenvalue weighted by molar-refractivity contribution is 7.93. The molecule has 43 heavy (non-hydrogen) atoms. The lowest BCUT2D eigenvalue weighted by molar-refractivity contribution is -0.384. The van der Waals surface area contributed by atoms with Gasteiger partial charge in [0.05, 0.1) is 32.3 Å². The second-order valence-corrected chi connectivity index (χ2v) is 13.4. The third kappa shape index (κ3) is 5.19. The van der Waals surface area contributed by atoms with E-state index in [9.17, 15) is 26.9 Å². The van der Waals surface area contributed by atoms with E-state index >= 15 is 0 Å². The van der Waals surface area contributed by atoms with Gasteiger partial charge in [0, 0.05) is 12.1 Å². The minimum Gasteiger partial charge on any atom is -0.305 e. The van der Waals surface area contributed by atoms with Gasteiger partial charge in [-0.1, -0.05) is 60.2 Å². The molecule has 13 heteroatoms. The van der Waals surface area contributed by atoms with Crippen molar-refractivity contribution < 1.29 is 21.8 Å². The molecule has 216 valence electrons. The quantitative estimate of drug-likeness (QED) is 0.175. The lowest BCUT2D eigenvalue weighted by Crippen LogP contribution is -2.18. The lowest BCUT2D eigenvalue weighted by atomic mass is 10.2. The molecule has 2 heterocycles. The van der Waals surface area contributed by atoms with Gasteiger partial charge in [-0.3, -0.25) is 14.8 Å². The van der Waals surface area contributed by atoms with Crippen molar-refractivity contribution in [2.24, 2.45) is 0 Å². The van der Waals surface area contributed by atoms with E-state index < -0.39 is 24.8 Å². The average Bonchev–Trinajstić information content (AvgIpc) is 3.28. The van der Waals surface area contributed by atoms with Crippen LogP contribution in [0.4, 0.5) is 11.5 Å². The van der Waals surface area contributed by atoms with Crippen LogP contribution in [0.3, 0.4) is 0 Å². The fourth-order valence-electron chi connectivity index (χ4n) is 4.72. The Hall–Kier alpha value is -5.14. The number of benzene rings is 4. The number of nitrogens with one attached hydrogen (secondary N) is 1. The number of nitro groups is 1. The SMILES string of the molecule is Cc1ccc(S(=O)(=O)c2c(NS(=O)(=O)c3ccc([N+](=O)[O-])cc3)n(Cc3ccccc3)c3nc4ccccc4nc23)cc1. The van der Waals surface area contributed by atoms with Crippen LogP contribution in [0.25, 0.3) is 22.2 Å². The molecule has 1 N–H and O–H groups in total. The summed E-state index contributed by atoms with van der Waals surface area (Å²) in [4.78, 5) is 19.2. The highest BCUT2D eigenvalue weighted by Crippen LogP contribution is 2.38. The van der Waals surface area contributed by atoms with E-state index in [1.807, 2.05) is 37.3 Å². The predicted octanol–water partition coefficient (Wildman–Crippen LogP) is 5.48. The predicted molar refractivity (Wildman–Crippen MR) is 161 cm³/mol. The number of para-hydroxylation sites is 2. The van der Waals surface area contributed by atoms with Crippen LogP contribution < -0.4 is 4.72 Å². The van der Waals surface area contributed by atoms with E-state index in [0.29, 0.717) is 11.0 Å². The second kappa shape index (κ2) is 10.6. The van der Waals surface area contributed by atoms with Crippen LogP contribution in [-0.4, -0.2) is 36.3 Å². The minimum atomic E-state index is -4.45. The molecule has 0 spiro atoms. The molecule has 0 aliphatic carbocycles. The van der Waals surface area contributed by atoms with Gasteiger partial charge in [-0.15, -0.1) is 0 Å². The highest BCUT2D eigenvalue weighted by atomic mass is 32.2. The van der Waals surface area contributed by atoms with E-state index in [1.54, 1.807) is 36.4 Å². The zero-order chi connectivity index (χ0) is 30.4. The number of aromatic nitrogens is 3. The standard InChI is InChI=1S/C30H23N5O6S2/c1-20-11-15-23(16-12-20)42(38,39)28-27-29(32-26-10-6-5-9-25(26)31-27)34(19-21-7-3-2-4-8-21)30(28)33-43(40,41)24-17-13-22(14-18-24)35(36)37/h2-18,33H,19H2,1H3. The summed E-state index contributed by atoms with van der Waals surface area (Å²) < 4.78 is 60.1. The summed E-state index contributed by atoms with van der Waals surface area (Å²) in [5.41, 5.74) is 2.38. The number of hydrogen-bond acceptors (Lipinski definition) is 8. The van der Waals surface area contributed by atoms with E-state index in [4.69, 9.17) is 4.98 Å². The maximum atomic E-state index is 14.3. The number of nitro benzene ring substituents is 1. The van der Waals surface area contributed by atoms with Crippen LogP contribution in [-0.2, 0) is 26.4 Å². The fraction of sp³-hybridized carbons (Fsp3) is 0.0667. The van der Waals surface area contributed by atoms with Crippen molar-refractivity contribution in [2.75, 3.05) is 4.72 Å². The Balaban J connectivity index is 1.66. The molecule has 0 aliphatic rings. The van der Waals surface area contributed by atoms with Crippen molar-refractivity contribution in [3.63, 3.8) is 0 Å². The number of non-ortho nitro benzene ring substituents is 1. The average molecular weight is 614 g/mol. The monoisotopic (exact) mass is 613 g/mol. The molecule has 0 bridgehead atoms. The molecule has 0 amide bonds. The van der Waals surface area contributed by atoms with Crippen LogP contribution in [0.5, 0.6) is 0 Å². The molecule has 6 rings (SSSR count). The zero-order valence-electron chi connectivity index (χ0n) is 22.6. The number of nitrogens with zero attached hydrogens (tertiary/aromatic N) is 4. The van der Waals surface area contributed by atoms with Gasteiger partial charge in [0.1, 0.15) is 16.2 Å². The van der Waals surface area contributed by atoms with Crippen LogP contribution >= 0.6 is 0 Å². The topological polar surface area (TPSA) is 154 Å². The first kappa shape index (κ1) is 28.0. The number of aryl methyl sites for hydroxylation is 1. The summed E-state index contributed by atoms with van der Waals surface area (Å²) in [7, 11) is -8.82. The van der Waals surface area contributed by atoms with Crippen LogP contribution in [0.1, 0.15) is 11.1 Å². The van der Waals surface area contributed by atoms with E-state index in [2.05, 4.69) is 9.71 Å². The molecule has 2 aromatic heterocycles. The van der Waals surface area contributed by atoms with Gasteiger partial charge < -0.3 is 4.57 Å². The van der Waals surface area contributed by atoms with Gasteiger partial charge in [0.25, 0.3) is 15.7 Å². The first-order valence-corrected chi connectivity index (χ1v) is 15.9. The van der Waals surface area contributed by atoms with Gasteiger partial charge in [-0.05, 0) is 48.9 Å². The first-order chi connectivity index (χ1) is 20.5. The summed E-state index contributed by atoms with van der Waals surface area (Å²) in [6.45, 7) is 1.88. The Morgan fingerprint density at radius 3 is 1.98 bits per heavy atom. The van der Waals surface area contributed by atoms with Gasteiger partial charge in [0.15, 0.2) is 5.65 Å². The van der Waals surface area contributed by atoms with Crippen LogP contribution in [0, 0.1) is 17.0 Å². The number of anilines is 1. The molecule has 0 fully saturated rings. The molecule has 0 radical (unpaired) electrons. The summed E-state index contributed by atoms with van der Waals surface area (Å²) >= 11 is 0. The first-order valence-electron chi connectivity index (χ1n) is 13.0. The Labute approximate surface area is 246 Å². The van der Waals surface area contributed by atoms with Crippen molar-refractivity contribution in [3.8, 4) is 0 Å². The molecule has 0 atom stereocenters. The number of rotatable bonds is 8. The summed E-state index contributed by atoms with van der Waals surface area (Å²) in [6, 6.07) is 26.6. The third-order valence-corrected chi connectivity index (χ3v) is 10.1. The third-order valence-electron chi connectivity index (χ3n) is 6.88. The number of sulfone groups is 1. The summed E-state index contributed by atoms with van der Waals surface area (Å²) in [5, 5.41) is 11.1. The van der Waals surface area contributed by atoms with Crippen molar-refractivity contribution in [3.05, 3.63) is 124 Å². The molecule has 6 aromatic rings. The van der Waals surface area contributed by atoms with Crippen molar-refractivity contribution in [1.29, 1.82) is 0 Å². The summed E-state index contributed by atoms with van der Waals surface area (Å²) in [5.74, 6) is -0.256.